The minimum absolute atomic E-state index is 0.00378. The van der Waals surface area contributed by atoms with Crippen LogP contribution in [0.2, 0.25) is 0 Å². The van der Waals surface area contributed by atoms with Crippen molar-refractivity contribution in [1.82, 2.24) is 25.5 Å². The first-order chi connectivity index (χ1) is 28.0. The molecule has 15 nitrogen and oxygen atoms in total. The number of carboxylic acid groups (broad SMARTS) is 1. The Morgan fingerprint density at radius 1 is 1.05 bits per heavy atom. The number of hydrogen-bond donors (Lipinski definition) is 4. The molecule has 0 bridgehead atoms. The van der Waals surface area contributed by atoms with E-state index in [1.54, 1.807) is 7.11 Å². The number of aromatic nitrogens is 2. The molecule has 2 aliphatic carbocycles. The lowest BCUT2D eigenvalue weighted by Crippen LogP contribution is -2.56. The molecular formula is C42H51N7O8S. The second kappa shape index (κ2) is 16.2. The molecule has 3 unspecified atom stereocenters. The number of oxime groups is 1. The number of amides is 3. The average molecular weight is 814 g/mol. The van der Waals surface area contributed by atoms with Gasteiger partial charge in [0, 0.05) is 47.2 Å². The van der Waals surface area contributed by atoms with Gasteiger partial charge in [-0.15, -0.1) is 11.3 Å². The summed E-state index contributed by atoms with van der Waals surface area (Å²) in [7, 11) is 1.60. The number of carboxylic acids is 1. The van der Waals surface area contributed by atoms with E-state index in [4.69, 9.17) is 24.3 Å². The maximum atomic E-state index is 14.7. The lowest BCUT2D eigenvalue weighted by molar-refractivity contribution is -0.145. The van der Waals surface area contributed by atoms with Crippen LogP contribution in [0.4, 0.5) is 9.93 Å². The van der Waals surface area contributed by atoms with Crippen molar-refractivity contribution < 1.29 is 38.6 Å². The minimum atomic E-state index is -1.47. The molecule has 8 rings (SSSR count). The third-order valence-corrected chi connectivity index (χ3v) is 12.7. The van der Waals surface area contributed by atoms with E-state index in [1.807, 2.05) is 55.6 Å². The fourth-order valence-corrected chi connectivity index (χ4v) is 9.64. The Labute approximate surface area is 341 Å². The Bertz CT molecular complexity index is 2150. The number of methoxy groups -OCH3 is 1. The number of benzene rings is 1. The fourth-order valence-electron chi connectivity index (χ4n) is 8.79. The third kappa shape index (κ3) is 8.07. The molecule has 2 aromatic heterocycles. The molecule has 3 aliphatic heterocycles. The van der Waals surface area contributed by atoms with Crippen LogP contribution in [-0.4, -0.2) is 98.6 Å². The molecule has 5 atom stereocenters. The van der Waals surface area contributed by atoms with E-state index in [0.29, 0.717) is 41.2 Å². The summed E-state index contributed by atoms with van der Waals surface area (Å²) in [5.41, 5.74) is 0.781. The molecule has 1 spiro atoms. The first-order valence-corrected chi connectivity index (χ1v) is 21.3. The first-order valence-electron chi connectivity index (χ1n) is 20.4. The number of hydrogen-bond acceptors (Lipinski definition) is 12. The van der Waals surface area contributed by atoms with Crippen LogP contribution < -0.4 is 20.7 Å². The number of nitrogens with zero attached hydrogens (tertiary/aromatic N) is 4. The predicted molar refractivity (Wildman–Crippen MR) is 218 cm³/mol. The number of alkyl carbamates (subject to hydrolysis) is 1. The van der Waals surface area contributed by atoms with Gasteiger partial charge >= 0.3 is 12.1 Å². The highest BCUT2D eigenvalue weighted by molar-refractivity contribution is 7.14. The lowest BCUT2D eigenvalue weighted by atomic mass is 9.90. The number of pyridine rings is 1. The second-order valence-electron chi connectivity index (χ2n) is 16.6. The van der Waals surface area contributed by atoms with Crippen molar-refractivity contribution in [2.24, 2.45) is 11.1 Å². The molecule has 3 aromatic rings. The number of nitrogens with one attached hydrogen (secondary N) is 3. The zero-order valence-electron chi connectivity index (χ0n) is 33.1. The molecule has 1 saturated heterocycles. The number of carbonyl (C=O) groups excluding carboxylic acids is 3. The SMILES string of the molecule is COc1ccc2c(C3=NOC4(C3)C[C@H]3C(=O)N[C@]5(C(=O)O)CC5/C=C\CCCCCC(NC(=O)OC5CCCC5)C(=O)N3C4)cc(-c3csc(NC(C)C)n3)nc2c1. The second-order valence-corrected chi connectivity index (χ2v) is 17.5. The molecule has 3 fully saturated rings. The summed E-state index contributed by atoms with van der Waals surface area (Å²) in [5, 5.41) is 27.5. The number of carbonyl (C=O) groups is 4. The van der Waals surface area contributed by atoms with Crippen molar-refractivity contribution in [3.8, 4) is 17.1 Å². The van der Waals surface area contributed by atoms with Gasteiger partial charge in [0.1, 0.15) is 35.2 Å². The zero-order chi connectivity index (χ0) is 40.6. The van der Waals surface area contributed by atoms with E-state index in [9.17, 15) is 24.3 Å². The highest BCUT2D eigenvalue weighted by Gasteiger charge is 2.62. The van der Waals surface area contributed by atoms with E-state index < -0.39 is 47.1 Å². The number of anilines is 1. The number of aliphatic carboxylic acids is 1. The van der Waals surface area contributed by atoms with Crippen molar-refractivity contribution in [3.63, 3.8) is 0 Å². The molecular weight excluding hydrogens is 763 g/mol. The average Bonchev–Trinajstić information content (AvgIpc) is 3.77. The van der Waals surface area contributed by atoms with Crippen LogP contribution >= 0.6 is 11.3 Å². The standard InChI is InChI=1S/C42H51N7O8S/c1-24(2)43-39-45-34(22-58-39)32-18-29(28-16-15-27(55-3)17-31(28)44-32)33-20-41(57-48-33)21-35-36(50)47-42(38(52)53)19-25(42)11-7-5-4-6-8-14-30(37(51)49(35)23-41)46-40(54)56-26-12-9-10-13-26/h7,11,15-18,22,24-26,30,35H,4-6,8-10,12-14,19-21,23H2,1-3H3,(H,43,45)(H,46,54)(H,47,50)(H,52,53)/b11-7-/t25?,30?,35-,41?,42+/m0/s1. The van der Waals surface area contributed by atoms with Crippen molar-refractivity contribution in [3.05, 3.63) is 47.4 Å². The molecule has 5 aliphatic rings. The Kier molecular flexibility index (Phi) is 11.0. The Morgan fingerprint density at radius 2 is 1.86 bits per heavy atom. The molecule has 58 heavy (non-hydrogen) atoms. The molecule has 1 aromatic carbocycles. The van der Waals surface area contributed by atoms with Gasteiger partial charge in [-0.3, -0.25) is 9.59 Å². The summed E-state index contributed by atoms with van der Waals surface area (Å²) in [6, 6.07) is 5.72. The van der Waals surface area contributed by atoms with Gasteiger partial charge in [-0.05, 0) is 83.4 Å². The Morgan fingerprint density at radius 3 is 2.64 bits per heavy atom. The third-order valence-electron chi connectivity index (χ3n) is 12.0. The van der Waals surface area contributed by atoms with Crippen LogP contribution in [0.1, 0.15) is 96.5 Å². The summed E-state index contributed by atoms with van der Waals surface area (Å²) in [5.74, 6) is -1.87. The predicted octanol–water partition coefficient (Wildman–Crippen LogP) is 6.17. The smallest absolute Gasteiger partial charge is 0.408 e. The van der Waals surface area contributed by atoms with Crippen molar-refractivity contribution in [1.29, 1.82) is 0 Å². The monoisotopic (exact) mass is 813 g/mol. The molecule has 3 amide bonds. The minimum Gasteiger partial charge on any atom is -0.497 e. The van der Waals surface area contributed by atoms with E-state index in [2.05, 4.69) is 21.1 Å². The van der Waals surface area contributed by atoms with Crippen molar-refractivity contribution >= 4 is 57.0 Å². The number of fused-ring (bicyclic) bond motifs is 3. The molecule has 4 N–H and O–H groups in total. The van der Waals surface area contributed by atoms with Crippen LogP contribution in [0, 0.1) is 5.92 Å². The van der Waals surface area contributed by atoms with Gasteiger partial charge in [-0.1, -0.05) is 30.1 Å². The maximum absolute atomic E-state index is 14.7. The van der Waals surface area contributed by atoms with Crippen LogP contribution in [0.25, 0.3) is 22.3 Å². The highest BCUT2D eigenvalue weighted by atomic mass is 32.1. The summed E-state index contributed by atoms with van der Waals surface area (Å²) in [4.78, 5) is 72.4. The van der Waals surface area contributed by atoms with Gasteiger partial charge < -0.3 is 40.3 Å². The van der Waals surface area contributed by atoms with Crippen LogP contribution in [0.5, 0.6) is 5.75 Å². The van der Waals surface area contributed by atoms with E-state index in [-0.39, 0.29) is 43.9 Å². The largest absolute Gasteiger partial charge is 0.497 e. The van der Waals surface area contributed by atoms with Crippen molar-refractivity contribution in [2.45, 2.75) is 126 Å². The van der Waals surface area contributed by atoms with E-state index in [0.717, 1.165) is 61.0 Å². The van der Waals surface area contributed by atoms with Gasteiger partial charge in [-0.2, -0.15) is 0 Å². The summed E-state index contributed by atoms with van der Waals surface area (Å²) >= 11 is 1.49. The first kappa shape index (κ1) is 39.6. The number of thiazole rings is 1. The van der Waals surface area contributed by atoms with Crippen LogP contribution in [0.3, 0.4) is 0 Å². The summed E-state index contributed by atoms with van der Waals surface area (Å²) in [6.45, 7) is 4.09. The highest BCUT2D eigenvalue weighted by Crippen LogP contribution is 2.47. The Hall–Kier alpha value is -5.25. The van der Waals surface area contributed by atoms with E-state index in [1.165, 1.54) is 16.2 Å². The van der Waals surface area contributed by atoms with Gasteiger partial charge in [0.2, 0.25) is 11.8 Å². The maximum Gasteiger partial charge on any atom is 0.408 e. The number of ether oxygens (including phenoxy) is 2. The molecule has 5 heterocycles. The van der Waals surface area contributed by atoms with Crippen molar-refractivity contribution in [2.75, 3.05) is 19.0 Å². The molecule has 16 heteroatoms. The fraction of sp³-hybridized carbons (Fsp3) is 0.548. The van der Waals surface area contributed by atoms with Gasteiger partial charge in [0.05, 0.1) is 30.6 Å². The summed E-state index contributed by atoms with van der Waals surface area (Å²) in [6.07, 6.45) is 10.5. The zero-order valence-corrected chi connectivity index (χ0v) is 33.9. The number of rotatable bonds is 8. The molecule has 2 saturated carbocycles. The normalized spacial score (nSPS) is 28.2. The van der Waals surface area contributed by atoms with Crippen LogP contribution in [-0.2, 0) is 24.0 Å². The quantitative estimate of drug-likeness (QED) is 0.190. The van der Waals surface area contributed by atoms with Gasteiger partial charge in [0.15, 0.2) is 10.7 Å². The lowest BCUT2D eigenvalue weighted by Gasteiger charge is -2.29. The van der Waals surface area contributed by atoms with Gasteiger partial charge in [-0.25, -0.2) is 19.6 Å². The summed E-state index contributed by atoms with van der Waals surface area (Å²) < 4.78 is 11.2. The topological polar surface area (TPSA) is 194 Å². The molecule has 308 valence electrons. The Balaban J connectivity index is 1.11. The van der Waals surface area contributed by atoms with Gasteiger partial charge in [0.25, 0.3) is 0 Å². The molecule has 0 radical (unpaired) electrons. The number of allylic oxidation sites excluding steroid dienone is 1. The van der Waals surface area contributed by atoms with Crippen LogP contribution in [0.15, 0.2) is 47.0 Å². The van der Waals surface area contributed by atoms with E-state index >= 15 is 0 Å².